The van der Waals surface area contributed by atoms with Gasteiger partial charge in [0.15, 0.2) is 10.5 Å². The van der Waals surface area contributed by atoms with Crippen LogP contribution in [0.1, 0.15) is 35.4 Å². The fourth-order valence-corrected chi connectivity index (χ4v) is 3.68. The molecule has 0 aliphatic rings. The molecular weight excluding hydrogens is 405 g/mol. The van der Waals surface area contributed by atoms with Crippen LogP contribution in [0.15, 0.2) is 42.7 Å². The summed E-state index contributed by atoms with van der Waals surface area (Å²) in [5.74, 6) is -0.486. The lowest BCUT2D eigenvalue weighted by atomic mass is 10.0. The number of rotatable bonds is 5. The number of ether oxygens (including phenoxy) is 1. The van der Waals surface area contributed by atoms with Gasteiger partial charge in [0.05, 0.1) is 28.9 Å². The Morgan fingerprint density at radius 2 is 2.11 bits per heavy atom. The summed E-state index contributed by atoms with van der Waals surface area (Å²) in [7, 11) is 1.34. The van der Waals surface area contributed by atoms with Crippen molar-refractivity contribution < 1.29 is 9.53 Å². The van der Waals surface area contributed by atoms with Crippen molar-refractivity contribution in [2.24, 2.45) is 0 Å². The Balaban J connectivity index is 2.24. The van der Waals surface area contributed by atoms with E-state index in [0.717, 1.165) is 11.1 Å². The number of imidazole rings is 1. The van der Waals surface area contributed by atoms with Crippen LogP contribution < -0.4 is 0 Å². The van der Waals surface area contributed by atoms with E-state index in [4.69, 9.17) is 40.2 Å². The molecule has 140 valence electrons. The Hall–Kier alpha value is -2.15. The summed E-state index contributed by atoms with van der Waals surface area (Å²) < 4.78 is 7.21. The number of benzene rings is 1. The zero-order valence-electron chi connectivity index (χ0n) is 14.7. The van der Waals surface area contributed by atoms with E-state index in [-0.39, 0.29) is 6.04 Å². The fourth-order valence-electron chi connectivity index (χ4n) is 3.05. The molecule has 27 heavy (non-hydrogen) atoms. The van der Waals surface area contributed by atoms with Crippen molar-refractivity contribution in [3.8, 4) is 11.3 Å². The summed E-state index contributed by atoms with van der Waals surface area (Å²) >= 11 is 17.8. The Morgan fingerprint density at radius 3 is 2.70 bits per heavy atom. The van der Waals surface area contributed by atoms with Gasteiger partial charge in [-0.2, -0.15) is 0 Å². The number of aromatic nitrogens is 3. The van der Waals surface area contributed by atoms with Crippen molar-refractivity contribution in [2.45, 2.75) is 19.4 Å². The van der Waals surface area contributed by atoms with Gasteiger partial charge in [-0.15, -0.1) is 0 Å². The molecular formula is C19H17Cl2N3O2S. The average Bonchev–Trinajstić information content (AvgIpc) is 3.02. The van der Waals surface area contributed by atoms with Gasteiger partial charge in [-0.05, 0) is 48.5 Å². The van der Waals surface area contributed by atoms with E-state index < -0.39 is 5.97 Å². The number of nitrogens with one attached hydrogen (secondary N) is 1. The molecule has 0 aliphatic carbocycles. The maximum Gasteiger partial charge on any atom is 0.356 e. The second-order valence-electron chi connectivity index (χ2n) is 5.85. The first-order valence-electron chi connectivity index (χ1n) is 8.26. The number of aromatic amines is 1. The minimum Gasteiger partial charge on any atom is -0.464 e. The second-order valence-corrected chi connectivity index (χ2v) is 7.06. The molecule has 0 spiro atoms. The van der Waals surface area contributed by atoms with Crippen LogP contribution in [0.25, 0.3) is 11.3 Å². The van der Waals surface area contributed by atoms with E-state index in [1.165, 1.54) is 7.11 Å². The summed E-state index contributed by atoms with van der Waals surface area (Å²) in [5, 5.41) is 0.916. The van der Waals surface area contributed by atoms with Gasteiger partial charge < -0.3 is 14.3 Å². The smallest absolute Gasteiger partial charge is 0.356 e. The molecule has 2 aromatic heterocycles. The minimum atomic E-state index is -0.486. The zero-order valence-corrected chi connectivity index (χ0v) is 17.0. The molecule has 0 fully saturated rings. The molecule has 0 aliphatic heterocycles. The van der Waals surface area contributed by atoms with Gasteiger partial charge in [0.2, 0.25) is 0 Å². The Morgan fingerprint density at radius 1 is 1.33 bits per heavy atom. The lowest BCUT2D eigenvalue weighted by molar-refractivity contribution is 0.0587. The van der Waals surface area contributed by atoms with Crippen LogP contribution in [-0.4, -0.2) is 27.6 Å². The molecule has 0 saturated carbocycles. The number of esters is 1. The highest BCUT2D eigenvalue weighted by molar-refractivity contribution is 7.71. The monoisotopic (exact) mass is 421 g/mol. The van der Waals surface area contributed by atoms with E-state index in [1.807, 2.05) is 19.1 Å². The van der Waals surface area contributed by atoms with Crippen LogP contribution in [0.5, 0.6) is 0 Å². The standard InChI is InChI=1S/C19H17Cl2N3O2S/c1-3-15(11-6-7-13(20)14(21)9-11)24-17(18(25)26-2)16(23-19(24)27)12-5-4-8-22-10-12/h4-10,15H,3H2,1-2H3,(H,23,27). The van der Waals surface area contributed by atoms with Crippen molar-refractivity contribution in [1.29, 1.82) is 0 Å². The lowest BCUT2D eigenvalue weighted by Gasteiger charge is -2.20. The number of carbonyl (C=O) groups excluding carboxylic acids is 1. The number of halogens is 2. The van der Waals surface area contributed by atoms with Crippen LogP contribution in [0, 0.1) is 4.77 Å². The van der Waals surface area contributed by atoms with E-state index in [0.29, 0.717) is 32.6 Å². The van der Waals surface area contributed by atoms with E-state index >= 15 is 0 Å². The van der Waals surface area contributed by atoms with Gasteiger partial charge in [0, 0.05) is 18.0 Å². The van der Waals surface area contributed by atoms with E-state index in [9.17, 15) is 4.79 Å². The summed E-state index contributed by atoms with van der Waals surface area (Å²) in [6.45, 7) is 2.01. The van der Waals surface area contributed by atoms with Crippen molar-refractivity contribution in [3.05, 3.63) is 68.8 Å². The van der Waals surface area contributed by atoms with Crippen LogP contribution in [0.3, 0.4) is 0 Å². The SMILES string of the molecule is CCC(c1ccc(Cl)c(Cl)c1)n1c(C(=O)OC)c(-c2cccnc2)[nH]c1=S. The molecule has 1 unspecified atom stereocenters. The predicted octanol–water partition coefficient (Wildman–Crippen LogP) is 5.70. The second kappa shape index (κ2) is 8.25. The van der Waals surface area contributed by atoms with Gasteiger partial charge in [-0.3, -0.25) is 4.98 Å². The van der Waals surface area contributed by atoms with Crippen molar-refractivity contribution >= 4 is 41.4 Å². The molecule has 0 amide bonds. The summed E-state index contributed by atoms with van der Waals surface area (Å²) in [6, 6.07) is 8.83. The van der Waals surface area contributed by atoms with Crippen LogP contribution in [-0.2, 0) is 4.74 Å². The molecule has 2 heterocycles. The quantitative estimate of drug-likeness (QED) is 0.423. The number of carbonyl (C=O) groups is 1. The first-order chi connectivity index (χ1) is 13.0. The fraction of sp³-hybridized carbons (Fsp3) is 0.211. The molecule has 0 radical (unpaired) electrons. The third-order valence-electron chi connectivity index (χ3n) is 4.28. The summed E-state index contributed by atoms with van der Waals surface area (Å²) in [6.07, 6.45) is 4.01. The van der Waals surface area contributed by atoms with Crippen LogP contribution >= 0.6 is 35.4 Å². The van der Waals surface area contributed by atoms with Crippen molar-refractivity contribution in [2.75, 3.05) is 7.11 Å². The number of hydrogen-bond acceptors (Lipinski definition) is 4. The van der Waals surface area contributed by atoms with Gasteiger partial charge in [0.25, 0.3) is 0 Å². The predicted molar refractivity (Wildman–Crippen MR) is 109 cm³/mol. The Kier molecular flexibility index (Phi) is 5.99. The average molecular weight is 422 g/mol. The van der Waals surface area contributed by atoms with Gasteiger partial charge in [0.1, 0.15) is 0 Å². The summed E-state index contributed by atoms with van der Waals surface area (Å²) in [5.41, 5.74) is 2.54. The number of pyridine rings is 1. The van der Waals surface area contributed by atoms with E-state index in [2.05, 4.69) is 9.97 Å². The Labute approximate surface area is 171 Å². The van der Waals surface area contributed by atoms with Gasteiger partial charge >= 0.3 is 5.97 Å². The largest absolute Gasteiger partial charge is 0.464 e. The molecule has 8 heteroatoms. The maximum atomic E-state index is 12.6. The number of hydrogen-bond donors (Lipinski definition) is 1. The third-order valence-corrected chi connectivity index (χ3v) is 5.32. The third kappa shape index (κ3) is 3.78. The summed E-state index contributed by atoms with van der Waals surface area (Å²) in [4.78, 5) is 19.9. The lowest BCUT2D eigenvalue weighted by Crippen LogP contribution is -2.18. The van der Waals surface area contributed by atoms with Crippen molar-refractivity contribution in [1.82, 2.24) is 14.5 Å². The Bertz CT molecular complexity index is 1030. The first kappa shape index (κ1) is 19.6. The van der Waals surface area contributed by atoms with Gasteiger partial charge in [-0.1, -0.05) is 36.2 Å². The molecule has 3 aromatic rings. The molecule has 5 nitrogen and oxygen atoms in total. The van der Waals surface area contributed by atoms with Gasteiger partial charge in [-0.25, -0.2) is 4.79 Å². The normalized spacial score (nSPS) is 12.0. The molecule has 1 N–H and O–H groups in total. The van der Waals surface area contributed by atoms with Crippen molar-refractivity contribution in [3.63, 3.8) is 0 Å². The zero-order chi connectivity index (χ0) is 19.6. The number of nitrogens with zero attached hydrogens (tertiary/aromatic N) is 2. The molecule has 0 bridgehead atoms. The van der Waals surface area contributed by atoms with Crippen LogP contribution in [0.2, 0.25) is 10.0 Å². The first-order valence-corrected chi connectivity index (χ1v) is 9.42. The molecule has 3 rings (SSSR count). The molecule has 1 atom stereocenters. The van der Waals surface area contributed by atoms with Crippen LogP contribution in [0.4, 0.5) is 0 Å². The highest BCUT2D eigenvalue weighted by atomic mass is 35.5. The minimum absolute atomic E-state index is 0.219. The highest BCUT2D eigenvalue weighted by Gasteiger charge is 2.26. The number of methoxy groups -OCH3 is 1. The number of H-pyrrole nitrogens is 1. The topological polar surface area (TPSA) is 59.9 Å². The highest BCUT2D eigenvalue weighted by Crippen LogP contribution is 2.33. The molecule has 1 aromatic carbocycles. The van der Waals surface area contributed by atoms with E-state index in [1.54, 1.807) is 35.2 Å². The molecule has 0 saturated heterocycles. The maximum absolute atomic E-state index is 12.6.